The van der Waals surface area contributed by atoms with Crippen molar-refractivity contribution in [2.75, 3.05) is 6.54 Å². The van der Waals surface area contributed by atoms with Gasteiger partial charge in [0.05, 0.1) is 6.04 Å². The van der Waals surface area contributed by atoms with Crippen LogP contribution in [-0.4, -0.2) is 6.54 Å². The van der Waals surface area contributed by atoms with Crippen LogP contribution in [0.2, 0.25) is 5.02 Å². The van der Waals surface area contributed by atoms with Gasteiger partial charge in [-0.1, -0.05) is 61.3 Å². The van der Waals surface area contributed by atoms with Gasteiger partial charge < -0.3 is 5.32 Å². The van der Waals surface area contributed by atoms with Crippen LogP contribution in [0.3, 0.4) is 0 Å². The van der Waals surface area contributed by atoms with E-state index < -0.39 is 0 Å². The lowest BCUT2D eigenvalue weighted by atomic mass is 9.76. The first-order chi connectivity index (χ1) is 10.3. The highest BCUT2D eigenvalue weighted by Crippen LogP contribution is 2.40. The quantitative estimate of drug-likeness (QED) is 0.789. The summed E-state index contributed by atoms with van der Waals surface area (Å²) in [5.41, 5.74) is 4.16. The van der Waals surface area contributed by atoms with Crippen molar-refractivity contribution in [3.63, 3.8) is 0 Å². The molecule has 0 aromatic heterocycles. The van der Waals surface area contributed by atoms with Crippen molar-refractivity contribution in [3.8, 4) is 0 Å². The maximum absolute atomic E-state index is 6.19. The Morgan fingerprint density at radius 2 is 1.95 bits per heavy atom. The zero-order chi connectivity index (χ0) is 14.7. The molecule has 0 radical (unpaired) electrons. The van der Waals surface area contributed by atoms with Crippen LogP contribution in [0.1, 0.15) is 54.8 Å². The number of nitrogens with one attached hydrogen (secondary N) is 1. The molecule has 3 rings (SSSR count). The smallest absolute Gasteiger partial charge is 0.0579 e. The summed E-state index contributed by atoms with van der Waals surface area (Å²) in [7, 11) is 0. The molecule has 0 bridgehead atoms. The zero-order valence-electron chi connectivity index (χ0n) is 12.5. The van der Waals surface area contributed by atoms with E-state index in [0.717, 1.165) is 17.5 Å². The first-order valence-corrected chi connectivity index (χ1v) is 8.25. The van der Waals surface area contributed by atoms with Crippen molar-refractivity contribution in [2.24, 2.45) is 0 Å². The predicted octanol–water partition coefficient (Wildman–Crippen LogP) is 5.31. The second kappa shape index (κ2) is 6.64. The Morgan fingerprint density at radius 1 is 1.14 bits per heavy atom. The summed E-state index contributed by atoms with van der Waals surface area (Å²) in [6, 6.07) is 17.3. The van der Waals surface area contributed by atoms with Crippen molar-refractivity contribution >= 4 is 11.6 Å². The van der Waals surface area contributed by atoms with E-state index in [-0.39, 0.29) is 6.04 Å². The van der Waals surface area contributed by atoms with E-state index >= 15 is 0 Å². The number of hydrogen-bond donors (Lipinski definition) is 1. The number of benzene rings is 2. The average Bonchev–Trinajstić information content (AvgIpc) is 2.44. The van der Waals surface area contributed by atoms with Crippen LogP contribution in [0.25, 0.3) is 0 Å². The minimum absolute atomic E-state index is 0.227. The molecule has 0 spiro atoms. The second-order valence-corrected chi connectivity index (χ2v) is 6.24. The Hall–Kier alpha value is -1.31. The molecule has 2 heteroatoms. The normalized spacial score (nSPS) is 16.5. The molecule has 1 atom stereocenters. The Kier molecular flexibility index (Phi) is 4.62. The van der Waals surface area contributed by atoms with Gasteiger partial charge in [0.25, 0.3) is 0 Å². The zero-order valence-corrected chi connectivity index (χ0v) is 13.2. The van der Waals surface area contributed by atoms with Crippen LogP contribution >= 0.6 is 11.6 Å². The molecule has 2 aromatic carbocycles. The molecule has 1 saturated carbocycles. The molecule has 1 aliphatic rings. The molecule has 0 aliphatic heterocycles. The van der Waals surface area contributed by atoms with Gasteiger partial charge in [0.15, 0.2) is 0 Å². The summed E-state index contributed by atoms with van der Waals surface area (Å²) < 4.78 is 0. The molecule has 1 nitrogen and oxygen atoms in total. The molecular weight excluding hydrogens is 278 g/mol. The fourth-order valence-electron chi connectivity index (χ4n) is 3.16. The van der Waals surface area contributed by atoms with Crippen LogP contribution in [0, 0.1) is 0 Å². The molecule has 0 amide bonds. The van der Waals surface area contributed by atoms with E-state index in [1.165, 1.54) is 36.0 Å². The third-order valence-corrected chi connectivity index (χ3v) is 4.68. The lowest BCUT2D eigenvalue weighted by Crippen LogP contribution is -2.24. The van der Waals surface area contributed by atoms with Gasteiger partial charge in [-0.25, -0.2) is 0 Å². The van der Waals surface area contributed by atoms with Gasteiger partial charge in [-0.15, -0.1) is 0 Å². The Bertz CT molecular complexity index is 604. The van der Waals surface area contributed by atoms with Crippen LogP contribution in [-0.2, 0) is 0 Å². The van der Waals surface area contributed by atoms with E-state index in [0.29, 0.717) is 0 Å². The highest BCUT2D eigenvalue weighted by molar-refractivity contribution is 6.30. The maximum Gasteiger partial charge on any atom is 0.0579 e. The Morgan fingerprint density at radius 3 is 2.62 bits per heavy atom. The predicted molar refractivity (Wildman–Crippen MR) is 90.0 cm³/mol. The highest BCUT2D eigenvalue weighted by atomic mass is 35.5. The lowest BCUT2D eigenvalue weighted by molar-refractivity contribution is 0.414. The van der Waals surface area contributed by atoms with Gasteiger partial charge >= 0.3 is 0 Å². The lowest BCUT2D eigenvalue weighted by Gasteiger charge is -2.31. The van der Waals surface area contributed by atoms with Gasteiger partial charge in [-0.2, -0.15) is 0 Å². The average molecular weight is 300 g/mol. The maximum atomic E-state index is 6.19. The van der Waals surface area contributed by atoms with Crippen molar-refractivity contribution in [1.29, 1.82) is 0 Å². The first kappa shape index (κ1) is 14.6. The molecule has 2 aromatic rings. The van der Waals surface area contributed by atoms with Gasteiger partial charge in [0, 0.05) is 5.02 Å². The van der Waals surface area contributed by atoms with Crippen LogP contribution in [0.15, 0.2) is 48.5 Å². The fraction of sp³-hybridized carbons (Fsp3) is 0.368. The molecule has 1 N–H and O–H groups in total. The van der Waals surface area contributed by atoms with Crippen LogP contribution in [0.5, 0.6) is 0 Å². The van der Waals surface area contributed by atoms with Gasteiger partial charge in [-0.05, 0) is 54.1 Å². The molecule has 1 unspecified atom stereocenters. The minimum Gasteiger partial charge on any atom is -0.307 e. The summed E-state index contributed by atoms with van der Waals surface area (Å²) in [5, 5.41) is 4.43. The van der Waals surface area contributed by atoms with E-state index in [2.05, 4.69) is 48.6 Å². The Labute approximate surface area is 132 Å². The Balaban J connectivity index is 2.01. The van der Waals surface area contributed by atoms with Crippen LogP contribution in [0.4, 0.5) is 0 Å². The first-order valence-electron chi connectivity index (χ1n) is 7.87. The van der Waals surface area contributed by atoms with E-state index in [1.807, 2.05) is 12.1 Å². The monoisotopic (exact) mass is 299 g/mol. The van der Waals surface area contributed by atoms with Crippen molar-refractivity contribution in [2.45, 2.75) is 38.1 Å². The standard InChI is InChI=1S/C19H22ClN/c1-2-21-19(15-9-6-10-16(20)13-15)18-12-4-3-11-17(18)14-7-5-8-14/h3-4,6,9-14,19,21H,2,5,7-8H2,1H3. The number of hydrogen-bond acceptors (Lipinski definition) is 1. The number of halogens is 1. The van der Waals surface area contributed by atoms with E-state index in [9.17, 15) is 0 Å². The van der Waals surface area contributed by atoms with E-state index in [4.69, 9.17) is 11.6 Å². The van der Waals surface area contributed by atoms with Gasteiger partial charge in [0.1, 0.15) is 0 Å². The molecule has 0 heterocycles. The summed E-state index contributed by atoms with van der Waals surface area (Å²) in [4.78, 5) is 0. The minimum atomic E-state index is 0.227. The van der Waals surface area contributed by atoms with E-state index in [1.54, 1.807) is 0 Å². The summed E-state index contributed by atoms with van der Waals surface area (Å²) in [6.45, 7) is 3.10. The molecular formula is C19H22ClN. The second-order valence-electron chi connectivity index (χ2n) is 5.80. The third-order valence-electron chi connectivity index (χ3n) is 4.44. The topological polar surface area (TPSA) is 12.0 Å². The van der Waals surface area contributed by atoms with Gasteiger partial charge in [0.2, 0.25) is 0 Å². The van der Waals surface area contributed by atoms with Crippen LogP contribution < -0.4 is 5.32 Å². The molecule has 110 valence electrons. The third kappa shape index (κ3) is 3.14. The van der Waals surface area contributed by atoms with Crippen molar-refractivity contribution < 1.29 is 0 Å². The highest BCUT2D eigenvalue weighted by Gasteiger charge is 2.25. The summed E-state index contributed by atoms with van der Waals surface area (Å²) >= 11 is 6.19. The largest absolute Gasteiger partial charge is 0.307 e. The molecule has 21 heavy (non-hydrogen) atoms. The van der Waals surface area contributed by atoms with Gasteiger partial charge in [-0.3, -0.25) is 0 Å². The SMILES string of the molecule is CCNC(c1cccc(Cl)c1)c1ccccc1C1CCC1. The number of rotatable bonds is 5. The fourth-order valence-corrected chi connectivity index (χ4v) is 3.36. The molecule has 1 fully saturated rings. The summed E-state index contributed by atoms with van der Waals surface area (Å²) in [6.07, 6.45) is 4.01. The summed E-state index contributed by atoms with van der Waals surface area (Å²) in [5.74, 6) is 0.738. The molecule has 0 saturated heterocycles. The molecule has 1 aliphatic carbocycles. The van der Waals surface area contributed by atoms with Crippen molar-refractivity contribution in [3.05, 3.63) is 70.2 Å². The van der Waals surface area contributed by atoms with Crippen molar-refractivity contribution in [1.82, 2.24) is 5.32 Å².